The van der Waals surface area contributed by atoms with Gasteiger partial charge in [0.05, 0.1) is 19.4 Å². The first-order valence-corrected chi connectivity index (χ1v) is 7.10. The second kappa shape index (κ2) is 7.76. The molecule has 0 aliphatic rings. The quantitative estimate of drug-likeness (QED) is 0.475. The van der Waals surface area contributed by atoms with Gasteiger partial charge in [-0.25, -0.2) is 0 Å². The van der Waals surface area contributed by atoms with E-state index in [1.807, 2.05) is 26.8 Å². The third-order valence-electron chi connectivity index (χ3n) is 2.67. The van der Waals surface area contributed by atoms with E-state index in [0.29, 0.717) is 30.2 Å². The highest BCUT2D eigenvalue weighted by Crippen LogP contribution is 2.26. The van der Waals surface area contributed by atoms with Gasteiger partial charge in [-0.15, -0.1) is 0 Å². The van der Waals surface area contributed by atoms with E-state index in [9.17, 15) is 4.79 Å². The van der Waals surface area contributed by atoms with Crippen LogP contribution in [0.5, 0.6) is 11.5 Å². The maximum absolute atomic E-state index is 11.5. The minimum atomic E-state index is -0.422. The second-order valence-corrected chi connectivity index (χ2v) is 5.80. The summed E-state index contributed by atoms with van der Waals surface area (Å²) in [7, 11) is 1.57. The molecule has 5 nitrogen and oxygen atoms in total. The Morgan fingerprint density at radius 2 is 1.95 bits per heavy atom. The highest BCUT2D eigenvalue weighted by Gasteiger charge is 2.15. The number of anilines is 1. The van der Waals surface area contributed by atoms with Crippen LogP contribution in [-0.2, 0) is 9.53 Å². The molecule has 0 heterocycles. The topological polar surface area (TPSA) is 70.8 Å². The predicted octanol–water partition coefficient (Wildman–Crippen LogP) is 3.17. The third kappa shape index (κ3) is 6.88. The SMILES string of the molecule is COc1ccc(OCCCCC(=O)OC(C)(C)C)cc1N. The summed E-state index contributed by atoms with van der Waals surface area (Å²) in [6, 6.07) is 5.31. The standard InChI is InChI=1S/C16H25NO4/c1-16(2,3)21-15(18)7-5-6-10-20-12-8-9-14(19-4)13(17)11-12/h8-9,11H,5-7,10,17H2,1-4H3. The van der Waals surface area contributed by atoms with Crippen LogP contribution in [-0.4, -0.2) is 25.3 Å². The van der Waals surface area contributed by atoms with Crippen molar-refractivity contribution in [3.63, 3.8) is 0 Å². The van der Waals surface area contributed by atoms with E-state index in [1.165, 1.54) is 0 Å². The first-order chi connectivity index (χ1) is 9.81. The molecule has 0 aromatic heterocycles. The lowest BCUT2D eigenvalue weighted by Crippen LogP contribution is -2.23. The van der Waals surface area contributed by atoms with E-state index in [0.717, 1.165) is 12.8 Å². The van der Waals surface area contributed by atoms with Gasteiger partial charge < -0.3 is 19.9 Å². The number of ether oxygens (including phenoxy) is 3. The molecule has 2 N–H and O–H groups in total. The molecule has 0 bridgehead atoms. The van der Waals surface area contributed by atoms with Crippen molar-refractivity contribution in [2.24, 2.45) is 0 Å². The zero-order valence-corrected chi connectivity index (χ0v) is 13.3. The van der Waals surface area contributed by atoms with E-state index in [-0.39, 0.29) is 5.97 Å². The molecule has 0 fully saturated rings. The van der Waals surface area contributed by atoms with Crippen molar-refractivity contribution in [3.8, 4) is 11.5 Å². The van der Waals surface area contributed by atoms with Gasteiger partial charge in [-0.1, -0.05) is 0 Å². The Bertz CT molecular complexity index is 466. The lowest BCUT2D eigenvalue weighted by molar-refractivity contribution is -0.154. The minimum Gasteiger partial charge on any atom is -0.495 e. The van der Waals surface area contributed by atoms with Crippen molar-refractivity contribution >= 4 is 11.7 Å². The summed E-state index contributed by atoms with van der Waals surface area (Å²) in [4.78, 5) is 11.5. The molecule has 21 heavy (non-hydrogen) atoms. The van der Waals surface area contributed by atoms with Gasteiger partial charge in [0.15, 0.2) is 0 Å². The number of hydrogen-bond acceptors (Lipinski definition) is 5. The molecule has 0 spiro atoms. The molecule has 0 saturated carbocycles. The van der Waals surface area contributed by atoms with Crippen LogP contribution in [0.1, 0.15) is 40.0 Å². The van der Waals surface area contributed by atoms with Gasteiger partial charge in [0, 0.05) is 12.5 Å². The summed E-state index contributed by atoms with van der Waals surface area (Å²) in [5.74, 6) is 1.16. The van der Waals surface area contributed by atoms with Crippen LogP contribution in [0.3, 0.4) is 0 Å². The number of methoxy groups -OCH3 is 1. The predicted molar refractivity (Wildman–Crippen MR) is 82.6 cm³/mol. The monoisotopic (exact) mass is 295 g/mol. The fraction of sp³-hybridized carbons (Fsp3) is 0.562. The number of esters is 1. The highest BCUT2D eigenvalue weighted by molar-refractivity contribution is 5.69. The smallest absolute Gasteiger partial charge is 0.306 e. The zero-order valence-electron chi connectivity index (χ0n) is 13.3. The lowest BCUT2D eigenvalue weighted by Gasteiger charge is -2.19. The Labute approximate surface area is 126 Å². The maximum atomic E-state index is 11.5. The number of unbranched alkanes of at least 4 members (excludes halogenated alkanes) is 1. The van der Waals surface area contributed by atoms with Crippen LogP contribution in [0, 0.1) is 0 Å². The number of nitrogens with two attached hydrogens (primary N) is 1. The van der Waals surface area contributed by atoms with Crippen molar-refractivity contribution in [1.82, 2.24) is 0 Å². The van der Waals surface area contributed by atoms with Crippen LogP contribution in [0.4, 0.5) is 5.69 Å². The molecule has 0 amide bonds. The summed E-state index contributed by atoms with van der Waals surface area (Å²) in [5.41, 5.74) is 5.92. The van der Waals surface area contributed by atoms with Gasteiger partial charge in [-0.3, -0.25) is 4.79 Å². The van der Waals surface area contributed by atoms with Crippen molar-refractivity contribution in [3.05, 3.63) is 18.2 Å². The number of hydrogen-bond donors (Lipinski definition) is 1. The van der Waals surface area contributed by atoms with Crippen LogP contribution in [0.25, 0.3) is 0 Å². The molecule has 0 radical (unpaired) electrons. The van der Waals surface area contributed by atoms with Gasteiger partial charge in [-0.2, -0.15) is 0 Å². The van der Waals surface area contributed by atoms with Crippen molar-refractivity contribution in [1.29, 1.82) is 0 Å². The van der Waals surface area contributed by atoms with E-state index in [2.05, 4.69) is 0 Å². The third-order valence-corrected chi connectivity index (χ3v) is 2.67. The zero-order chi connectivity index (χ0) is 15.9. The van der Waals surface area contributed by atoms with Gasteiger partial charge in [0.1, 0.15) is 17.1 Å². The number of carbonyl (C=O) groups is 1. The molecule has 118 valence electrons. The fourth-order valence-corrected chi connectivity index (χ4v) is 1.76. The highest BCUT2D eigenvalue weighted by atomic mass is 16.6. The van der Waals surface area contributed by atoms with Gasteiger partial charge in [-0.05, 0) is 45.7 Å². The first kappa shape index (κ1) is 17.1. The average Bonchev–Trinajstić information content (AvgIpc) is 2.36. The summed E-state index contributed by atoms with van der Waals surface area (Å²) in [6.45, 7) is 6.13. The largest absolute Gasteiger partial charge is 0.495 e. The number of benzene rings is 1. The fourth-order valence-electron chi connectivity index (χ4n) is 1.76. The van der Waals surface area contributed by atoms with Crippen molar-refractivity contribution in [2.45, 2.75) is 45.6 Å². The minimum absolute atomic E-state index is 0.170. The molecule has 0 saturated heterocycles. The maximum Gasteiger partial charge on any atom is 0.306 e. The molecular formula is C16H25NO4. The Balaban J connectivity index is 2.23. The van der Waals surface area contributed by atoms with E-state index >= 15 is 0 Å². The van der Waals surface area contributed by atoms with E-state index in [1.54, 1.807) is 19.2 Å². The molecule has 0 unspecified atom stereocenters. The van der Waals surface area contributed by atoms with Crippen LogP contribution >= 0.6 is 0 Å². The summed E-state index contributed by atoms with van der Waals surface area (Å²) in [6.07, 6.45) is 1.93. The van der Waals surface area contributed by atoms with Gasteiger partial charge >= 0.3 is 5.97 Å². The Hall–Kier alpha value is -1.91. The van der Waals surface area contributed by atoms with Crippen LogP contribution in [0.2, 0.25) is 0 Å². The first-order valence-electron chi connectivity index (χ1n) is 7.10. The summed E-state index contributed by atoms with van der Waals surface area (Å²) >= 11 is 0. The molecular weight excluding hydrogens is 270 g/mol. The number of carbonyl (C=O) groups excluding carboxylic acids is 1. The Morgan fingerprint density at radius 1 is 1.24 bits per heavy atom. The number of rotatable bonds is 7. The second-order valence-electron chi connectivity index (χ2n) is 5.80. The van der Waals surface area contributed by atoms with E-state index < -0.39 is 5.60 Å². The van der Waals surface area contributed by atoms with Crippen LogP contribution in [0.15, 0.2) is 18.2 Å². The van der Waals surface area contributed by atoms with Crippen LogP contribution < -0.4 is 15.2 Å². The molecule has 0 aliphatic heterocycles. The van der Waals surface area contributed by atoms with Gasteiger partial charge in [0.2, 0.25) is 0 Å². The average molecular weight is 295 g/mol. The Morgan fingerprint density at radius 3 is 2.52 bits per heavy atom. The molecule has 1 aromatic rings. The molecule has 0 atom stereocenters. The summed E-state index contributed by atoms with van der Waals surface area (Å²) < 4.78 is 15.9. The molecule has 5 heteroatoms. The Kier molecular flexibility index (Phi) is 6.34. The molecule has 1 rings (SSSR count). The van der Waals surface area contributed by atoms with Crippen molar-refractivity contribution < 1.29 is 19.0 Å². The normalized spacial score (nSPS) is 11.0. The summed E-state index contributed by atoms with van der Waals surface area (Å²) in [5, 5.41) is 0. The van der Waals surface area contributed by atoms with E-state index in [4.69, 9.17) is 19.9 Å². The lowest BCUT2D eigenvalue weighted by atomic mass is 10.2. The molecule has 0 aliphatic carbocycles. The van der Waals surface area contributed by atoms with Crippen molar-refractivity contribution in [2.75, 3.05) is 19.5 Å². The number of nitrogen functional groups attached to an aromatic ring is 1. The van der Waals surface area contributed by atoms with Gasteiger partial charge in [0.25, 0.3) is 0 Å². The molecule has 1 aromatic carbocycles.